The van der Waals surface area contributed by atoms with Crippen molar-refractivity contribution in [3.05, 3.63) is 65.7 Å². The van der Waals surface area contributed by atoms with Crippen LogP contribution in [0.4, 0.5) is 17.6 Å². The van der Waals surface area contributed by atoms with Crippen molar-refractivity contribution in [2.75, 3.05) is 6.61 Å². The highest BCUT2D eigenvalue weighted by molar-refractivity contribution is 5.76. The Morgan fingerprint density at radius 3 is 2.50 bits per heavy atom. The summed E-state index contributed by atoms with van der Waals surface area (Å²) in [6.45, 7) is -0.661. The van der Waals surface area contributed by atoms with Crippen LogP contribution in [0.3, 0.4) is 0 Å². The maximum Gasteiger partial charge on any atom is 0.449 e. The van der Waals surface area contributed by atoms with Crippen LogP contribution >= 0.6 is 0 Å². The van der Waals surface area contributed by atoms with Gasteiger partial charge in [0.15, 0.2) is 0 Å². The largest absolute Gasteiger partial charge is 0.449 e. The van der Waals surface area contributed by atoms with E-state index in [0.29, 0.717) is 5.56 Å². The number of imidazole rings is 1. The van der Waals surface area contributed by atoms with E-state index in [1.54, 1.807) is 18.2 Å². The van der Waals surface area contributed by atoms with Gasteiger partial charge in [-0.2, -0.15) is 13.2 Å². The highest BCUT2D eigenvalue weighted by Gasteiger charge is 2.37. The number of nitrogens with zero attached hydrogens (tertiary/aromatic N) is 2. The van der Waals surface area contributed by atoms with E-state index in [4.69, 9.17) is 4.74 Å². The van der Waals surface area contributed by atoms with Gasteiger partial charge < -0.3 is 14.4 Å². The molecule has 1 atom stereocenters. The Kier molecular flexibility index (Phi) is 5.24. The van der Waals surface area contributed by atoms with Crippen LogP contribution in [0.15, 0.2) is 48.5 Å². The number of aliphatic hydroxyl groups excluding tert-OH is 1. The third-order valence-corrected chi connectivity index (χ3v) is 3.83. The van der Waals surface area contributed by atoms with Crippen molar-refractivity contribution in [3.63, 3.8) is 0 Å². The van der Waals surface area contributed by atoms with Crippen LogP contribution in [-0.4, -0.2) is 27.4 Å². The fourth-order valence-electron chi connectivity index (χ4n) is 2.66. The average Bonchev–Trinajstić information content (AvgIpc) is 2.96. The smallest absolute Gasteiger partial charge is 0.389 e. The Morgan fingerprint density at radius 1 is 1.08 bits per heavy atom. The summed E-state index contributed by atoms with van der Waals surface area (Å²) in [4.78, 5) is 3.61. The highest BCUT2D eigenvalue weighted by atomic mass is 19.4. The molecule has 1 N–H and O–H groups in total. The molecule has 1 unspecified atom stereocenters. The van der Waals surface area contributed by atoms with Crippen LogP contribution in [0.5, 0.6) is 0 Å². The lowest BCUT2D eigenvalue weighted by Crippen LogP contribution is -2.25. The molecule has 138 valence electrons. The second-order valence-corrected chi connectivity index (χ2v) is 5.79. The van der Waals surface area contributed by atoms with Crippen molar-refractivity contribution in [2.45, 2.75) is 25.4 Å². The molecule has 26 heavy (non-hydrogen) atoms. The van der Waals surface area contributed by atoms with E-state index in [1.807, 2.05) is 0 Å². The van der Waals surface area contributed by atoms with Gasteiger partial charge in [0.2, 0.25) is 5.82 Å². The SMILES string of the molecule is OC(COCc1ccccc1F)Cn1c(C(F)(F)F)nc2ccccc21. The van der Waals surface area contributed by atoms with Gasteiger partial charge in [-0.1, -0.05) is 30.3 Å². The number of hydrogen-bond donors (Lipinski definition) is 1. The minimum atomic E-state index is -4.65. The maximum atomic E-state index is 13.5. The zero-order valence-electron chi connectivity index (χ0n) is 13.6. The molecular formula is C18H16F4N2O2. The molecule has 4 nitrogen and oxygen atoms in total. The number of rotatable bonds is 6. The standard InChI is InChI=1S/C18H16F4N2O2/c19-14-6-2-1-5-12(14)10-26-11-13(25)9-24-16-8-4-3-7-15(16)23-17(24)18(20,21)22/h1-8,13,25H,9-11H2. The molecule has 0 bridgehead atoms. The van der Waals surface area contributed by atoms with Gasteiger partial charge in [-0.3, -0.25) is 0 Å². The second kappa shape index (κ2) is 7.43. The van der Waals surface area contributed by atoms with Gasteiger partial charge in [0.05, 0.1) is 36.9 Å². The molecule has 0 aliphatic rings. The van der Waals surface area contributed by atoms with Crippen LogP contribution in [0, 0.1) is 5.82 Å². The lowest BCUT2D eigenvalue weighted by atomic mass is 10.2. The lowest BCUT2D eigenvalue weighted by Gasteiger charge is -2.16. The van der Waals surface area contributed by atoms with Gasteiger partial charge in [-0.25, -0.2) is 9.37 Å². The van der Waals surface area contributed by atoms with E-state index in [1.165, 1.54) is 30.3 Å². The lowest BCUT2D eigenvalue weighted by molar-refractivity contribution is -0.147. The number of ether oxygens (including phenoxy) is 1. The Bertz CT molecular complexity index is 892. The maximum absolute atomic E-state index is 13.5. The van der Waals surface area contributed by atoms with Gasteiger partial charge in [0.25, 0.3) is 0 Å². The predicted molar refractivity (Wildman–Crippen MR) is 86.8 cm³/mol. The Labute approximate surface area is 146 Å². The van der Waals surface area contributed by atoms with Crippen molar-refractivity contribution in [3.8, 4) is 0 Å². The Balaban J connectivity index is 1.71. The zero-order chi connectivity index (χ0) is 18.7. The topological polar surface area (TPSA) is 47.3 Å². The normalized spacial score (nSPS) is 13.3. The minimum absolute atomic E-state index is 0.0828. The Morgan fingerprint density at radius 2 is 1.77 bits per heavy atom. The van der Waals surface area contributed by atoms with Crippen LogP contribution in [0.1, 0.15) is 11.4 Å². The molecule has 0 saturated heterocycles. The number of para-hydroxylation sites is 2. The van der Waals surface area contributed by atoms with Crippen LogP contribution in [-0.2, 0) is 24.1 Å². The number of hydrogen-bond acceptors (Lipinski definition) is 3. The number of benzene rings is 2. The third kappa shape index (κ3) is 4.03. The van der Waals surface area contributed by atoms with E-state index in [2.05, 4.69) is 4.98 Å². The van der Waals surface area contributed by atoms with E-state index in [9.17, 15) is 22.7 Å². The van der Waals surface area contributed by atoms with Crippen LogP contribution in [0.2, 0.25) is 0 Å². The fourth-order valence-corrected chi connectivity index (χ4v) is 2.66. The molecule has 0 amide bonds. The number of halogens is 4. The summed E-state index contributed by atoms with van der Waals surface area (Å²) in [5.41, 5.74) is 0.774. The van der Waals surface area contributed by atoms with Gasteiger partial charge in [0.1, 0.15) is 5.82 Å². The molecule has 0 fully saturated rings. The van der Waals surface area contributed by atoms with E-state index >= 15 is 0 Å². The van der Waals surface area contributed by atoms with Crippen molar-refractivity contribution in [2.24, 2.45) is 0 Å². The summed E-state index contributed by atoms with van der Waals surface area (Å²) in [6, 6.07) is 12.2. The first-order valence-electron chi connectivity index (χ1n) is 7.88. The Hall–Kier alpha value is -2.45. The minimum Gasteiger partial charge on any atom is -0.389 e. The number of fused-ring (bicyclic) bond motifs is 1. The summed E-state index contributed by atoms with van der Waals surface area (Å²) in [5, 5.41) is 10.1. The third-order valence-electron chi connectivity index (χ3n) is 3.83. The molecule has 8 heteroatoms. The number of aromatic nitrogens is 2. The first kappa shape index (κ1) is 18.3. The molecule has 1 aromatic heterocycles. The van der Waals surface area contributed by atoms with Crippen molar-refractivity contribution >= 4 is 11.0 Å². The monoisotopic (exact) mass is 368 g/mol. The molecule has 3 rings (SSSR count). The molecule has 1 heterocycles. The molecule has 3 aromatic rings. The van der Waals surface area contributed by atoms with Crippen molar-refractivity contribution in [1.29, 1.82) is 0 Å². The molecule has 0 aliphatic heterocycles. The average molecular weight is 368 g/mol. The number of alkyl halides is 3. The van der Waals surface area contributed by atoms with Crippen molar-refractivity contribution in [1.82, 2.24) is 9.55 Å². The highest BCUT2D eigenvalue weighted by Crippen LogP contribution is 2.31. The van der Waals surface area contributed by atoms with Gasteiger partial charge >= 0.3 is 6.18 Å². The van der Waals surface area contributed by atoms with Crippen LogP contribution in [0.25, 0.3) is 11.0 Å². The predicted octanol–water partition coefficient (Wildman–Crippen LogP) is 3.77. The van der Waals surface area contributed by atoms with E-state index in [-0.39, 0.29) is 30.8 Å². The summed E-state index contributed by atoms with van der Waals surface area (Å²) in [7, 11) is 0. The first-order chi connectivity index (χ1) is 12.4. The van der Waals surface area contributed by atoms with E-state index in [0.717, 1.165) is 4.57 Å². The quantitative estimate of drug-likeness (QED) is 0.674. The molecule has 0 aliphatic carbocycles. The molecule has 2 aromatic carbocycles. The summed E-state index contributed by atoms with van der Waals surface area (Å²) < 4.78 is 59.3. The van der Waals surface area contributed by atoms with Gasteiger partial charge in [0, 0.05) is 5.56 Å². The second-order valence-electron chi connectivity index (χ2n) is 5.79. The summed E-state index contributed by atoms with van der Waals surface area (Å²) in [6.07, 6.45) is -5.85. The zero-order valence-corrected chi connectivity index (χ0v) is 13.6. The fraction of sp³-hybridized carbons (Fsp3) is 0.278. The first-order valence-corrected chi connectivity index (χ1v) is 7.88. The van der Waals surface area contributed by atoms with Crippen LogP contribution < -0.4 is 0 Å². The molecule has 0 radical (unpaired) electrons. The van der Waals surface area contributed by atoms with Crippen molar-refractivity contribution < 1.29 is 27.4 Å². The van der Waals surface area contributed by atoms with E-state index < -0.39 is 23.9 Å². The van der Waals surface area contributed by atoms with Gasteiger partial charge in [-0.15, -0.1) is 0 Å². The molecule has 0 spiro atoms. The molecular weight excluding hydrogens is 352 g/mol. The van der Waals surface area contributed by atoms with Gasteiger partial charge in [-0.05, 0) is 18.2 Å². The summed E-state index contributed by atoms with van der Waals surface area (Å²) in [5.74, 6) is -1.52. The summed E-state index contributed by atoms with van der Waals surface area (Å²) >= 11 is 0. The number of aliphatic hydroxyl groups is 1. The molecule has 0 saturated carbocycles.